The fraction of sp³-hybridized carbons (Fsp3) is 0.424. The fourth-order valence-corrected chi connectivity index (χ4v) is 6.27. The Labute approximate surface area is 251 Å². The molecule has 0 fully saturated rings. The van der Waals surface area contributed by atoms with Crippen LogP contribution in [-0.4, -0.2) is 49.6 Å². The minimum Gasteiger partial charge on any atom is -0.481 e. The number of nitrogens with zero attached hydrogens (tertiary/aromatic N) is 1. The minimum absolute atomic E-state index is 0.0151. The van der Waals surface area contributed by atoms with Crippen molar-refractivity contribution in [3.05, 3.63) is 80.1 Å². The number of rotatable bonds is 14. The number of aliphatic carboxylic acids is 2. The first-order valence-corrected chi connectivity index (χ1v) is 14.7. The van der Waals surface area contributed by atoms with Crippen LogP contribution in [0.3, 0.4) is 0 Å². The Morgan fingerprint density at radius 1 is 0.884 bits per heavy atom. The van der Waals surface area contributed by atoms with Crippen LogP contribution in [0.5, 0.6) is 0 Å². The van der Waals surface area contributed by atoms with Crippen molar-refractivity contribution in [1.29, 1.82) is 0 Å². The van der Waals surface area contributed by atoms with Gasteiger partial charge in [-0.05, 0) is 80.4 Å². The van der Waals surface area contributed by atoms with Crippen LogP contribution in [0.25, 0.3) is 0 Å². The number of hydrogen-bond acceptors (Lipinski definition) is 4. The van der Waals surface area contributed by atoms with E-state index in [2.05, 4.69) is 26.9 Å². The van der Waals surface area contributed by atoms with Crippen LogP contribution in [0.1, 0.15) is 85.1 Å². The number of carbonyl (C=O) groups is 4. The molecule has 2 aliphatic rings. The third-order valence-corrected chi connectivity index (χ3v) is 8.84. The first kappa shape index (κ1) is 31.5. The van der Waals surface area contributed by atoms with Crippen molar-refractivity contribution in [1.82, 2.24) is 15.3 Å². The number of aromatic nitrogens is 2. The Morgan fingerprint density at radius 3 is 1.88 bits per heavy atom. The van der Waals surface area contributed by atoms with Gasteiger partial charge in [0.2, 0.25) is 5.91 Å². The quantitative estimate of drug-likeness (QED) is 0.217. The first-order valence-electron chi connectivity index (χ1n) is 14.7. The van der Waals surface area contributed by atoms with E-state index >= 15 is 0 Å². The monoisotopic (exact) mass is 588 g/mol. The maximum absolute atomic E-state index is 12.4. The van der Waals surface area contributed by atoms with Crippen molar-refractivity contribution in [3.63, 3.8) is 0 Å². The lowest BCUT2D eigenvalue weighted by molar-refractivity contribution is -0.138. The van der Waals surface area contributed by atoms with E-state index in [0.29, 0.717) is 43.4 Å². The zero-order valence-corrected chi connectivity index (χ0v) is 25.5. The normalized spacial score (nSPS) is 16.8. The van der Waals surface area contributed by atoms with Crippen LogP contribution in [0.2, 0.25) is 0 Å². The average molecular weight is 589 g/mol. The highest BCUT2D eigenvalue weighted by atomic mass is 16.4. The molecule has 0 aliphatic carbocycles. The molecule has 43 heavy (non-hydrogen) atoms. The number of carbonyl (C=O) groups excluding carboxylic acids is 2. The predicted octanol–water partition coefficient (Wildman–Crippen LogP) is 4.58. The fourth-order valence-electron chi connectivity index (χ4n) is 6.27. The van der Waals surface area contributed by atoms with Gasteiger partial charge < -0.3 is 25.5 Å². The number of amides is 2. The van der Waals surface area contributed by atoms with Gasteiger partial charge in [-0.1, -0.05) is 19.6 Å². The molecule has 0 spiro atoms. The molecule has 0 bridgehead atoms. The summed E-state index contributed by atoms with van der Waals surface area (Å²) in [6, 6.07) is 0. The largest absolute Gasteiger partial charge is 0.481 e. The average Bonchev–Trinajstić information content (AvgIpc) is 3.59. The van der Waals surface area contributed by atoms with Crippen LogP contribution < -0.4 is 5.32 Å². The van der Waals surface area contributed by atoms with Crippen LogP contribution in [-0.2, 0) is 51.3 Å². The van der Waals surface area contributed by atoms with Crippen LogP contribution in [0.4, 0.5) is 0 Å². The first-order chi connectivity index (χ1) is 20.4. The second kappa shape index (κ2) is 12.8. The Kier molecular flexibility index (Phi) is 9.37. The van der Waals surface area contributed by atoms with Gasteiger partial charge in [-0.15, -0.1) is 0 Å². The standard InChI is InChI=1S/C33H40N4O6/c1-7-20-19(6)32(42)37-27(20)14-25-18(5)23(10-12-31(40)41)29(35-25)15-28-22(9-11-30(38)39)17(4)24(34-28)13-26-16(3)21(8-2)33(43)36-26/h8,19,34-35H,2,7,9-15H2,1,3-6H3,(H,37,42)(H,38,39)(H,40,41)/t19-/m0/s1. The lowest BCUT2D eigenvalue weighted by Crippen LogP contribution is -2.20. The van der Waals surface area contributed by atoms with Crippen molar-refractivity contribution in [2.75, 3.05) is 0 Å². The van der Waals surface area contributed by atoms with E-state index in [9.17, 15) is 29.4 Å². The summed E-state index contributed by atoms with van der Waals surface area (Å²) in [6.45, 7) is 13.4. The van der Waals surface area contributed by atoms with E-state index in [4.69, 9.17) is 0 Å². The number of nitrogens with one attached hydrogen (secondary N) is 3. The number of hydrogen-bond donors (Lipinski definition) is 5. The van der Waals surface area contributed by atoms with Gasteiger partial charge in [0.15, 0.2) is 0 Å². The second-order valence-electron chi connectivity index (χ2n) is 11.4. The molecule has 0 aromatic carbocycles. The minimum atomic E-state index is -0.902. The Balaban J connectivity index is 1.73. The molecular formula is C33H40N4O6. The number of H-pyrrole nitrogens is 2. The van der Waals surface area contributed by atoms with Crippen molar-refractivity contribution < 1.29 is 29.4 Å². The zero-order chi connectivity index (χ0) is 31.6. The molecule has 1 atom stereocenters. The summed E-state index contributed by atoms with van der Waals surface area (Å²) in [4.78, 5) is 59.0. The van der Waals surface area contributed by atoms with E-state index in [-0.39, 0.29) is 30.6 Å². The highest BCUT2D eigenvalue weighted by Crippen LogP contribution is 2.32. The SMILES string of the molecule is C=CC1=C(C)C(Cc2[nH]c(Cc3[nH]c(CC4=C(CC)[C@H](C)C(=O)N4)c(C)c3CCC(=O)O)c(CCC(=O)O)c2C)=NC1=O. The summed E-state index contributed by atoms with van der Waals surface area (Å²) in [5, 5.41) is 21.9. The summed E-state index contributed by atoms with van der Waals surface area (Å²) < 4.78 is 0. The van der Waals surface area contributed by atoms with Crippen molar-refractivity contribution in [2.24, 2.45) is 10.9 Å². The van der Waals surface area contributed by atoms with Crippen LogP contribution in [0.15, 0.2) is 40.1 Å². The van der Waals surface area contributed by atoms with E-state index in [1.807, 2.05) is 34.6 Å². The molecule has 0 unspecified atom stereocenters. The Morgan fingerprint density at radius 2 is 1.42 bits per heavy atom. The second-order valence-corrected chi connectivity index (χ2v) is 11.4. The van der Waals surface area contributed by atoms with Gasteiger partial charge in [-0.25, -0.2) is 4.99 Å². The van der Waals surface area contributed by atoms with Gasteiger partial charge in [-0.2, -0.15) is 0 Å². The maximum Gasteiger partial charge on any atom is 0.303 e. The zero-order valence-electron chi connectivity index (χ0n) is 25.5. The van der Waals surface area contributed by atoms with Gasteiger partial charge in [-0.3, -0.25) is 19.2 Å². The molecule has 10 heteroatoms. The third-order valence-electron chi connectivity index (χ3n) is 8.84. The lowest BCUT2D eigenvalue weighted by Gasteiger charge is -2.07. The molecule has 4 heterocycles. The summed E-state index contributed by atoms with van der Waals surface area (Å²) in [5.74, 6) is -2.31. The number of carboxylic acid groups (broad SMARTS) is 2. The Bertz CT molecular complexity index is 1610. The topological polar surface area (TPSA) is 165 Å². The van der Waals surface area contributed by atoms with Crippen LogP contribution >= 0.6 is 0 Å². The molecule has 2 aromatic rings. The molecule has 4 rings (SSSR count). The number of allylic oxidation sites excluding steroid dienone is 2. The number of aliphatic imine (C=N–C) groups is 1. The van der Waals surface area contributed by atoms with Gasteiger partial charge in [0.05, 0.1) is 11.6 Å². The molecule has 2 aliphatic heterocycles. The maximum atomic E-state index is 12.4. The third kappa shape index (κ3) is 6.48. The van der Waals surface area contributed by atoms with E-state index in [1.165, 1.54) is 6.08 Å². The van der Waals surface area contributed by atoms with Gasteiger partial charge in [0, 0.05) is 66.1 Å². The summed E-state index contributed by atoms with van der Waals surface area (Å²) in [5.41, 5.74) is 11.0. The Hall–Kier alpha value is -4.47. The van der Waals surface area contributed by atoms with Crippen molar-refractivity contribution in [3.8, 4) is 0 Å². The molecular weight excluding hydrogens is 548 g/mol. The molecule has 2 amide bonds. The van der Waals surface area contributed by atoms with Crippen LogP contribution in [0, 0.1) is 19.8 Å². The van der Waals surface area contributed by atoms with Gasteiger partial charge in [0.1, 0.15) is 0 Å². The molecule has 5 N–H and O–H groups in total. The highest BCUT2D eigenvalue weighted by Gasteiger charge is 2.30. The van der Waals surface area contributed by atoms with Crippen molar-refractivity contribution >= 4 is 29.5 Å². The number of carboxylic acids is 2. The molecule has 2 aromatic heterocycles. The van der Waals surface area contributed by atoms with E-state index < -0.39 is 11.9 Å². The summed E-state index contributed by atoms with van der Waals surface area (Å²) in [7, 11) is 0. The van der Waals surface area contributed by atoms with Crippen molar-refractivity contribution in [2.45, 2.75) is 86.0 Å². The van der Waals surface area contributed by atoms with E-state index in [1.54, 1.807) is 0 Å². The summed E-state index contributed by atoms with van der Waals surface area (Å²) >= 11 is 0. The number of aromatic amines is 2. The molecule has 10 nitrogen and oxygen atoms in total. The smallest absolute Gasteiger partial charge is 0.303 e. The molecule has 0 saturated carbocycles. The highest BCUT2D eigenvalue weighted by molar-refractivity contribution is 6.20. The predicted molar refractivity (Wildman–Crippen MR) is 163 cm³/mol. The molecule has 0 radical (unpaired) electrons. The molecule has 0 saturated heterocycles. The van der Waals surface area contributed by atoms with Gasteiger partial charge in [0.25, 0.3) is 5.91 Å². The van der Waals surface area contributed by atoms with Gasteiger partial charge >= 0.3 is 11.9 Å². The summed E-state index contributed by atoms with van der Waals surface area (Å²) in [6.07, 6.45) is 4.13. The molecule has 228 valence electrons. The van der Waals surface area contributed by atoms with E-state index in [0.717, 1.165) is 68.3 Å². The lowest BCUT2D eigenvalue weighted by atomic mass is 9.96.